The topological polar surface area (TPSA) is 89.1 Å². The van der Waals surface area contributed by atoms with E-state index in [4.69, 9.17) is 9.47 Å². The SMILES string of the molecule is CCc1ccc(Nc2nc3nccc(-c4ccc(OC)c(OC)c4)c3c(=O)[nH]2)cc1. The first kappa shape index (κ1) is 19.4. The Balaban J connectivity index is 1.76. The predicted octanol–water partition coefficient (Wildman–Crippen LogP) is 4.31. The van der Waals surface area contributed by atoms with Gasteiger partial charge in [-0.2, -0.15) is 4.98 Å². The van der Waals surface area contributed by atoms with Gasteiger partial charge in [-0.15, -0.1) is 0 Å². The van der Waals surface area contributed by atoms with Crippen molar-refractivity contribution in [3.8, 4) is 22.6 Å². The van der Waals surface area contributed by atoms with E-state index in [2.05, 4.69) is 27.2 Å². The van der Waals surface area contributed by atoms with Gasteiger partial charge in [-0.25, -0.2) is 4.98 Å². The smallest absolute Gasteiger partial charge is 0.262 e. The molecule has 0 atom stereocenters. The average Bonchev–Trinajstić information content (AvgIpc) is 2.78. The number of hydrogen-bond acceptors (Lipinski definition) is 6. The van der Waals surface area contributed by atoms with Gasteiger partial charge in [0.25, 0.3) is 5.56 Å². The van der Waals surface area contributed by atoms with Crippen LogP contribution in [0, 0.1) is 0 Å². The molecular weight excluding hydrogens is 380 g/mol. The molecule has 152 valence electrons. The van der Waals surface area contributed by atoms with Crippen molar-refractivity contribution in [2.24, 2.45) is 0 Å². The minimum Gasteiger partial charge on any atom is -0.493 e. The number of aromatic nitrogens is 3. The summed E-state index contributed by atoms with van der Waals surface area (Å²) in [6.07, 6.45) is 2.61. The fourth-order valence-electron chi connectivity index (χ4n) is 3.33. The molecule has 2 aromatic heterocycles. The lowest BCUT2D eigenvalue weighted by atomic mass is 10.0. The summed E-state index contributed by atoms with van der Waals surface area (Å²) in [5.74, 6) is 1.54. The maximum atomic E-state index is 12.9. The van der Waals surface area contributed by atoms with Crippen LogP contribution in [0.5, 0.6) is 11.5 Å². The Kier molecular flexibility index (Phi) is 5.34. The molecule has 0 bridgehead atoms. The van der Waals surface area contributed by atoms with Crippen LogP contribution in [0.1, 0.15) is 12.5 Å². The number of anilines is 2. The zero-order valence-corrected chi connectivity index (χ0v) is 17.0. The van der Waals surface area contributed by atoms with Gasteiger partial charge in [0.2, 0.25) is 5.95 Å². The second-order valence-electron chi connectivity index (χ2n) is 6.72. The third-order valence-corrected chi connectivity index (χ3v) is 4.93. The number of fused-ring (bicyclic) bond motifs is 1. The van der Waals surface area contributed by atoms with Gasteiger partial charge in [-0.1, -0.05) is 25.1 Å². The van der Waals surface area contributed by atoms with E-state index in [1.54, 1.807) is 32.5 Å². The maximum Gasteiger partial charge on any atom is 0.262 e. The van der Waals surface area contributed by atoms with E-state index in [9.17, 15) is 4.79 Å². The van der Waals surface area contributed by atoms with Gasteiger partial charge in [-0.05, 0) is 53.4 Å². The normalized spacial score (nSPS) is 10.8. The highest BCUT2D eigenvalue weighted by molar-refractivity contribution is 5.92. The van der Waals surface area contributed by atoms with Crippen LogP contribution in [0.25, 0.3) is 22.2 Å². The first-order valence-corrected chi connectivity index (χ1v) is 9.60. The van der Waals surface area contributed by atoms with Crippen molar-refractivity contribution in [2.45, 2.75) is 13.3 Å². The third kappa shape index (κ3) is 3.69. The molecule has 7 heteroatoms. The number of ether oxygens (including phenoxy) is 2. The number of nitrogens with zero attached hydrogens (tertiary/aromatic N) is 2. The minimum absolute atomic E-state index is 0.273. The first-order valence-electron chi connectivity index (χ1n) is 9.60. The van der Waals surface area contributed by atoms with Gasteiger partial charge < -0.3 is 14.8 Å². The standard InChI is InChI=1S/C23H22N4O3/c1-4-14-5-8-16(9-6-14)25-23-26-21-20(22(28)27-23)17(11-12-24-21)15-7-10-18(29-2)19(13-15)30-3/h5-13H,4H2,1-3H3,(H2,24,25,26,27,28). The molecule has 0 saturated heterocycles. The number of aromatic amines is 1. The van der Waals surface area contributed by atoms with E-state index in [-0.39, 0.29) is 5.56 Å². The van der Waals surface area contributed by atoms with Crippen molar-refractivity contribution >= 4 is 22.7 Å². The van der Waals surface area contributed by atoms with E-state index >= 15 is 0 Å². The Hall–Kier alpha value is -3.87. The quantitative estimate of drug-likeness (QED) is 0.500. The van der Waals surface area contributed by atoms with Gasteiger partial charge in [0.05, 0.1) is 19.6 Å². The Bertz CT molecular complexity index is 1250. The lowest BCUT2D eigenvalue weighted by Crippen LogP contribution is -2.13. The molecule has 4 aromatic rings. The van der Waals surface area contributed by atoms with Crippen LogP contribution in [0.3, 0.4) is 0 Å². The summed E-state index contributed by atoms with van der Waals surface area (Å²) in [5, 5.41) is 3.55. The summed E-state index contributed by atoms with van der Waals surface area (Å²) in [5.41, 5.74) is 3.69. The number of H-pyrrole nitrogens is 1. The lowest BCUT2D eigenvalue weighted by Gasteiger charge is -2.11. The van der Waals surface area contributed by atoms with Crippen LogP contribution in [0.15, 0.2) is 59.5 Å². The van der Waals surface area contributed by atoms with Gasteiger partial charge in [0.15, 0.2) is 17.1 Å². The number of nitrogens with one attached hydrogen (secondary N) is 2. The van der Waals surface area contributed by atoms with Gasteiger partial charge in [0, 0.05) is 11.9 Å². The Morgan fingerprint density at radius 3 is 2.47 bits per heavy atom. The number of aryl methyl sites for hydroxylation is 1. The molecule has 0 aliphatic carbocycles. The van der Waals surface area contributed by atoms with Crippen LogP contribution in [0.4, 0.5) is 11.6 Å². The number of methoxy groups -OCH3 is 2. The fraction of sp³-hybridized carbons (Fsp3) is 0.174. The minimum atomic E-state index is -0.273. The molecule has 0 spiro atoms. The van der Waals surface area contributed by atoms with Gasteiger partial charge in [0.1, 0.15) is 0 Å². The molecule has 2 aromatic carbocycles. The Labute approximate surface area is 173 Å². The van der Waals surface area contributed by atoms with Crippen molar-refractivity contribution < 1.29 is 9.47 Å². The summed E-state index contributed by atoms with van der Waals surface area (Å²) in [4.78, 5) is 24.6. The molecule has 2 heterocycles. The van der Waals surface area contributed by atoms with Crippen LogP contribution in [0.2, 0.25) is 0 Å². The Morgan fingerprint density at radius 2 is 1.77 bits per heavy atom. The number of hydrogen-bond donors (Lipinski definition) is 2. The molecule has 0 unspecified atom stereocenters. The fourth-order valence-corrected chi connectivity index (χ4v) is 3.33. The van der Waals surface area contributed by atoms with Crippen molar-refractivity contribution in [1.82, 2.24) is 15.0 Å². The molecule has 0 aliphatic rings. The van der Waals surface area contributed by atoms with E-state index in [1.807, 2.05) is 36.4 Å². The predicted molar refractivity (Wildman–Crippen MR) is 118 cm³/mol. The van der Waals surface area contributed by atoms with Crippen molar-refractivity contribution in [3.05, 3.63) is 70.6 Å². The summed E-state index contributed by atoms with van der Waals surface area (Å²) in [6.45, 7) is 2.10. The molecule has 0 amide bonds. The van der Waals surface area contributed by atoms with E-state index < -0.39 is 0 Å². The van der Waals surface area contributed by atoms with E-state index in [0.717, 1.165) is 17.7 Å². The highest BCUT2D eigenvalue weighted by atomic mass is 16.5. The number of benzene rings is 2. The molecule has 30 heavy (non-hydrogen) atoms. The first-order chi connectivity index (χ1) is 14.6. The highest BCUT2D eigenvalue weighted by Gasteiger charge is 2.14. The van der Waals surface area contributed by atoms with Crippen molar-refractivity contribution in [1.29, 1.82) is 0 Å². The third-order valence-electron chi connectivity index (χ3n) is 4.93. The largest absolute Gasteiger partial charge is 0.493 e. The monoisotopic (exact) mass is 402 g/mol. The van der Waals surface area contributed by atoms with E-state index in [1.165, 1.54) is 5.56 Å². The summed E-state index contributed by atoms with van der Waals surface area (Å²) in [6, 6.07) is 15.3. The molecule has 0 fully saturated rings. The summed E-state index contributed by atoms with van der Waals surface area (Å²) < 4.78 is 10.7. The molecule has 7 nitrogen and oxygen atoms in total. The summed E-state index contributed by atoms with van der Waals surface area (Å²) in [7, 11) is 3.16. The van der Waals surface area contributed by atoms with Crippen LogP contribution >= 0.6 is 0 Å². The molecule has 2 N–H and O–H groups in total. The molecule has 0 saturated carbocycles. The number of rotatable bonds is 6. The van der Waals surface area contributed by atoms with Crippen LogP contribution in [-0.4, -0.2) is 29.2 Å². The molecule has 4 rings (SSSR count). The second-order valence-corrected chi connectivity index (χ2v) is 6.72. The molecule has 0 radical (unpaired) electrons. The van der Waals surface area contributed by atoms with Crippen molar-refractivity contribution in [2.75, 3.05) is 19.5 Å². The summed E-state index contributed by atoms with van der Waals surface area (Å²) >= 11 is 0. The molecule has 0 aliphatic heterocycles. The van der Waals surface area contributed by atoms with Gasteiger partial charge in [-0.3, -0.25) is 9.78 Å². The van der Waals surface area contributed by atoms with Crippen LogP contribution < -0.4 is 20.3 Å². The van der Waals surface area contributed by atoms with E-state index in [0.29, 0.717) is 34.0 Å². The van der Waals surface area contributed by atoms with Gasteiger partial charge >= 0.3 is 0 Å². The Morgan fingerprint density at radius 1 is 1.00 bits per heavy atom. The van der Waals surface area contributed by atoms with Crippen LogP contribution in [-0.2, 0) is 6.42 Å². The number of pyridine rings is 1. The lowest BCUT2D eigenvalue weighted by molar-refractivity contribution is 0.355. The average molecular weight is 402 g/mol. The van der Waals surface area contributed by atoms with Crippen molar-refractivity contribution in [3.63, 3.8) is 0 Å². The highest BCUT2D eigenvalue weighted by Crippen LogP contribution is 2.34. The zero-order valence-electron chi connectivity index (χ0n) is 17.0. The maximum absolute atomic E-state index is 12.9. The molecular formula is C23H22N4O3. The zero-order chi connectivity index (χ0) is 21.1. The second kappa shape index (κ2) is 8.24.